The molecule has 1 aromatic rings. The number of nitrogens with one attached hydrogen (secondary N) is 1. The van der Waals surface area contributed by atoms with Crippen molar-refractivity contribution in [2.75, 3.05) is 13.2 Å². The number of aromatic nitrogens is 1. The number of aliphatic hydroxyl groups is 3. The van der Waals surface area contributed by atoms with Crippen LogP contribution in [-0.4, -0.2) is 68.3 Å². The molecule has 0 spiro atoms. The van der Waals surface area contributed by atoms with Crippen molar-refractivity contribution in [3.8, 4) is 0 Å². The minimum Gasteiger partial charge on any atom is -0.477 e. The van der Waals surface area contributed by atoms with Crippen molar-refractivity contribution in [1.29, 1.82) is 0 Å². The molecule has 1 amide bonds. The molecule has 0 bridgehead atoms. The van der Waals surface area contributed by atoms with Crippen LogP contribution in [0, 0.1) is 0 Å². The van der Waals surface area contributed by atoms with Crippen molar-refractivity contribution in [3.63, 3.8) is 0 Å². The van der Waals surface area contributed by atoms with E-state index < -0.39 is 43.0 Å². The average molecular weight is 312 g/mol. The van der Waals surface area contributed by atoms with Gasteiger partial charge in [0.2, 0.25) is 0 Å². The van der Waals surface area contributed by atoms with Crippen molar-refractivity contribution < 1.29 is 34.8 Å². The first-order valence-corrected chi connectivity index (χ1v) is 6.83. The first-order chi connectivity index (χ1) is 10.5. The van der Waals surface area contributed by atoms with Gasteiger partial charge in [-0.2, -0.15) is 0 Å². The first kappa shape index (κ1) is 15.0. The van der Waals surface area contributed by atoms with E-state index >= 15 is 0 Å². The molecule has 4 atom stereocenters. The van der Waals surface area contributed by atoms with Crippen LogP contribution in [0.3, 0.4) is 0 Å². The maximum absolute atomic E-state index is 11.9. The van der Waals surface area contributed by atoms with Crippen LogP contribution in [0.1, 0.15) is 32.6 Å². The number of aromatic carboxylic acids is 1. The summed E-state index contributed by atoms with van der Waals surface area (Å²) < 4.78 is 6.48. The first-order valence-electron chi connectivity index (χ1n) is 6.83. The Hall–Kier alpha value is -1.94. The highest BCUT2D eigenvalue weighted by Crippen LogP contribution is 2.33. The Morgan fingerprint density at radius 1 is 1.41 bits per heavy atom. The monoisotopic (exact) mass is 312 g/mol. The van der Waals surface area contributed by atoms with Gasteiger partial charge in [0, 0.05) is 12.7 Å². The third kappa shape index (κ3) is 2.10. The van der Waals surface area contributed by atoms with Gasteiger partial charge in [0.05, 0.1) is 12.2 Å². The highest BCUT2D eigenvalue weighted by molar-refractivity contribution is 6.06. The second-order valence-electron chi connectivity index (χ2n) is 5.33. The molecule has 9 nitrogen and oxygen atoms in total. The quantitative estimate of drug-likeness (QED) is 0.438. The smallest absolute Gasteiger partial charge is 0.353 e. The van der Waals surface area contributed by atoms with Crippen LogP contribution < -0.4 is 5.32 Å². The maximum atomic E-state index is 11.9. The van der Waals surface area contributed by atoms with Gasteiger partial charge in [0.25, 0.3) is 5.91 Å². The molecule has 0 saturated carbocycles. The molecule has 120 valence electrons. The number of nitrogens with zero attached hydrogens (tertiary/aromatic N) is 1. The fourth-order valence-electron chi connectivity index (χ4n) is 2.95. The van der Waals surface area contributed by atoms with E-state index in [9.17, 15) is 24.9 Å². The van der Waals surface area contributed by atoms with Gasteiger partial charge >= 0.3 is 5.97 Å². The van der Waals surface area contributed by atoms with Gasteiger partial charge in [-0.1, -0.05) is 0 Å². The van der Waals surface area contributed by atoms with Crippen LogP contribution in [0.4, 0.5) is 0 Å². The number of hydrogen-bond acceptors (Lipinski definition) is 6. The summed E-state index contributed by atoms with van der Waals surface area (Å²) in [6.45, 7) is -0.122. The number of aliphatic hydroxyl groups excluding tert-OH is 3. The summed E-state index contributed by atoms with van der Waals surface area (Å²) in [7, 11) is 0. The number of carbonyl (C=O) groups is 2. The zero-order valence-electron chi connectivity index (χ0n) is 11.5. The summed E-state index contributed by atoms with van der Waals surface area (Å²) >= 11 is 0. The molecule has 1 aromatic heterocycles. The summed E-state index contributed by atoms with van der Waals surface area (Å²) in [4.78, 5) is 23.5. The Balaban J connectivity index is 2.08. The number of amides is 1. The van der Waals surface area contributed by atoms with Crippen LogP contribution in [0.25, 0.3) is 0 Å². The minimum atomic E-state index is -1.41. The average Bonchev–Trinajstić information content (AvgIpc) is 2.99. The zero-order chi connectivity index (χ0) is 16.0. The minimum absolute atomic E-state index is 0.0384. The van der Waals surface area contributed by atoms with E-state index in [-0.39, 0.29) is 11.3 Å². The predicted octanol–water partition coefficient (Wildman–Crippen LogP) is -1.92. The van der Waals surface area contributed by atoms with Gasteiger partial charge in [0.1, 0.15) is 24.0 Å². The molecule has 1 saturated heterocycles. The van der Waals surface area contributed by atoms with Gasteiger partial charge in [-0.05, 0) is 12.0 Å². The molecule has 2 aliphatic heterocycles. The third-order valence-corrected chi connectivity index (χ3v) is 4.01. The molecule has 3 rings (SSSR count). The standard InChI is InChI=1S/C13H16N2O7/c16-4-6-9(17)10(18)12(22-6)15-3-5-1-2-14-11(19)7(5)8(15)13(20)21/h3,6,9-10,12,16-18H,1-2,4H2,(H,14,19)(H,20,21). The summed E-state index contributed by atoms with van der Waals surface area (Å²) in [5.74, 6) is -1.83. The lowest BCUT2D eigenvalue weighted by Crippen LogP contribution is -2.34. The summed E-state index contributed by atoms with van der Waals surface area (Å²) in [6, 6.07) is 0. The molecule has 3 heterocycles. The lowest BCUT2D eigenvalue weighted by Gasteiger charge is -2.18. The Bertz CT molecular complexity index is 626. The Morgan fingerprint density at radius 2 is 2.14 bits per heavy atom. The summed E-state index contributed by atoms with van der Waals surface area (Å²) in [5, 5.41) is 40.9. The van der Waals surface area contributed by atoms with Crippen LogP contribution in [0.2, 0.25) is 0 Å². The molecule has 0 aromatic carbocycles. The lowest BCUT2D eigenvalue weighted by molar-refractivity contribution is -0.0537. The number of carboxylic acids is 1. The van der Waals surface area contributed by atoms with E-state index in [1.54, 1.807) is 0 Å². The Morgan fingerprint density at radius 3 is 2.73 bits per heavy atom. The molecular weight excluding hydrogens is 296 g/mol. The Labute approximate surface area is 124 Å². The lowest BCUT2D eigenvalue weighted by atomic mass is 10.0. The van der Waals surface area contributed by atoms with Gasteiger partial charge in [-0.25, -0.2) is 4.79 Å². The largest absolute Gasteiger partial charge is 0.477 e. The molecule has 5 N–H and O–H groups in total. The predicted molar refractivity (Wildman–Crippen MR) is 70.4 cm³/mol. The number of fused-ring (bicyclic) bond motifs is 1. The normalized spacial score (nSPS) is 31.0. The van der Waals surface area contributed by atoms with E-state index in [2.05, 4.69) is 5.32 Å². The summed E-state index contributed by atoms with van der Waals surface area (Å²) in [6.07, 6.45) is -3.05. The number of rotatable bonds is 3. The molecule has 2 aliphatic rings. The SMILES string of the molecule is O=C1NCCc2cn(C3OC(CO)C(O)C3O)c(C(=O)O)c21. The molecule has 0 radical (unpaired) electrons. The van der Waals surface area contributed by atoms with Crippen molar-refractivity contribution in [3.05, 3.63) is 23.0 Å². The molecule has 22 heavy (non-hydrogen) atoms. The van der Waals surface area contributed by atoms with Gasteiger partial charge in [-0.15, -0.1) is 0 Å². The van der Waals surface area contributed by atoms with E-state index in [0.717, 1.165) is 4.57 Å². The molecule has 0 aliphatic carbocycles. The maximum Gasteiger partial charge on any atom is 0.353 e. The molecule has 9 heteroatoms. The molecule has 1 fully saturated rings. The van der Waals surface area contributed by atoms with Crippen molar-refractivity contribution >= 4 is 11.9 Å². The van der Waals surface area contributed by atoms with Crippen molar-refractivity contribution in [2.45, 2.75) is 31.0 Å². The fourth-order valence-corrected chi connectivity index (χ4v) is 2.95. The number of ether oxygens (including phenoxy) is 1. The highest BCUT2D eigenvalue weighted by atomic mass is 16.6. The number of carbonyl (C=O) groups excluding carboxylic acids is 1. The van der Waals surface area contributed by atoms with Crippen molar-refractivity contribution in [2.24, 2.45) is 0 Å². The van der Waals surface area contributed by atoms with E-state index in [0.29, 0.717) is 18.5 Å². The van der Waals surface area contributed by atoms with Crippen LogP contribution in [0.15, 0.2) is 6.20 Å². The van der Waals surface area contributed by atoms with E-state index in [1.807, 2.05) is 0 Å². The molecule has 4 unspecified atom stereocenters. The van der Waals surface area contributed by atoms with Crippen LogP contribution in [0.5, 0.6) is 0 Å². The summed E-state index contributed by atoms with van der Waals surface area (Å²) in [5.41, 5.74) is 0.275. The fraction of sp³-hybridized carbons (Fsp3) is 0.538. The second kappa shape index (κ2) is 5.36. The van der Waals surface area contributed by atoms with Crippen molar-refractivity contribution in [1.82, 2.24) is 9.88 Å². The topological polar surface area (TPSA) is 141 Å². The zero-order valence-corrected chi connectivity index (χ0v) is 11.5. The van der Waals surface area contributed by atoms with Gasteiger partial charge < -0.3 is 35.0 Å². The number of hydrogen-bond donors (Lipinski definition) is 5. The van der Waals surface area contributed by atoms with E-state index in [1.165, 1.54) is 6.20 Å². The van der Waals surface area contributed by atoms with Crippen LogP contribution >= 0.6 is 0 Å². The van der Waals surface area contributed by atoms with Crippen LogP contribution in [-0.2, 0) is 11.2 Å². The molecular formula is C13H16N2O7. The second-order valence-corrected chi connectivity index (χ2v) is 5.33. The number of carboxylic acid groups (broad SMARTS) is 1. The third-order valence-electron chi connectivity index (χ3n) is 4.01. The highest BCUT2D eigenvalue weighted by Gasteiger charge is 2.45. The van der Waals surface area contributed by atoms with Gasteiger partial charge in [-0.3, -0.25) is 4.79 Å². The van der Waals surface area contributed by atoms with E-state index in [4.69, 9.17) is 9.84 Å². The van der Waals surface area contributed by atoms with Gasteiger partial charge in [0.15, 0.2) is 6.23 Å². The Kier molecular flexibility index (Phi) is 3.65.